The lowest BCUT2D eigenvalue weighted by molar-refractivity contribution is -0.125. The number of rotatable bonds is 4. The van der Waals surface area contributed by atoms with Gasteiger partial charge in [-0.25, -0.2) is 0 Å². The van der Waals surface area contributed by atoms with Gasteiger partial charge in [0.15, 0.2) is 0 Å². The molecule has 0 aromatic heterocycles. The fraction of sp³-hybridized carbons (Fsp3) is 0.923. The van der Waals surface area contributed by atoms with Crippen molar-refractivity contribution in [3.8, 4) is 0 Å². The highest BCUT2D eigenvalue weighted by Crippen LogP contribution is 2.30. The molecule has 0 aromatic carbocycles. The van der Waals surface area contributed by atoms with Gasteiger partial charge in [-0.05, 0) is 32.7 Å². The molecule has 98 valence electrons. The van der Waals surface area contributed by atoms with E-state index in [2.05, 4.69) is 29.0 Å². The van der Waals surface area contributed by atoms with Gasteiger partial charge in [0.2, 0.25) is 5.91 Å². The Kier molecular flexibility index (Phi) is 4.05. The number of piperazine rings is 1. The lowest BCUT2D eigenvalue weighted by Crippen LogP contribution is -2.55. The van der Waals surface area contributed by atoms with Gasteiger partial charge >= 0.3 is 0 Å². The second kappa shape index (κ2) is 5.36. The van der Waals surface area contributed by atoms with Crippen LogP contribution in [0.3, 0.4) is 0 Å². The van der Waals surface area contributed by atoms with Gasteiger partial charge in [-0.3, -0.25) is 9.69 Å². The number of nitrogens with one attached hydrogen (secondary N) is 1. The van der Waals surface area contributed by atoms with Crippen molar-refractivity contribution in [2.75, 3.05) is 39.3 Å². The molecule has 1 amide bonds. The van der Waals surface area contributed by atoms with Gasteiger partial charge in [-0.1, -0.05) is 6.92 Å². The lowest BCUT2D eigenvalue weighted by Gasteiger charge is -2.40. The van der Waals surface area contributed by atoms with Gasteiger partial charge in [-0.2, -0.15) is 0 Å². The quantitative estimate of drug-likeness (QED) is 0.784. The average Bonchev–Trinajstić information content (AvgIpc) is 2.28. The number of amides is 1. The van der Waals surface area contributed by atoms with Gasteiger partial charge in [-0.15, -0.1) is 0 Å². The first kappa shape index (κ1) is 12.8. The lowest BCUT2D eigenvalue weighted by atomic mass is 9.78. The summed E-state index contributed by atoms with van der Waals surface area (Å²) in [4.78, 5) is 16.6. The van der Waals surface area contributed by atoms with E-state index in [9.17, 15) is 4.79 Å². The summed E-state index contributed by atoms with van der Waals surface area (Å²) < 4.78 is 0. The van der Waals surface area contributed by atoms with E-state index in [1.165, 1.54) is 6.42 Å². The molecule has 17 heavy (non-hydrogen) atoms. The van der Waals surface area contributed by atoms with E-state index in [4.69, 9.17) is 0 Å². The molecule has 4 heteroatoms. The van der Waals surface area contributed by atoms with E-state index >= 15 is 0 Å². The molecule has 0 aromatic rings. The van der Waals surface area contributed by atoms with Crippen LogP contribution < -0.4 is 5.32 Å². The molecule has 0 unspecified atom stereocenters. The number of likely N-dealkylation sites (N-methyl/N-ethyl adjacent to an activating group) is 1. The maximum Gasteiger partial charge on any atom is 0.234 e. The summed E-state index contributed by atoms with van der Waals surface area (Å²) in [6, 6.07) is 0. The second-order valence-corrected chi connectivity index (χ2v) is 5.67. The van der Waals surface area contributed by atoms with Crippen LogP contribution in [0.25, 0.3) is 0 Å². The topological polar surface area (TPSA) is 35.6 Å². The van der Waals surface area contributed by atoms with Gasteiger partial charge in [0, 0.05) is 31.7 Å². The molecule has 1 heterocycles. The second-order valence-electron chi connectivity index (χ2n) is 5.67. The van der Waals surface area contributed by atoms with Crippen LogP contribution in [0, 0.1) is 0 Å². The molecular weight excluding hydrogens is 214 g/mol. The maximum absolute atomic E-state index is 11.9. The van der Waals surface area contributed by atoms with E-state index in [1.54, 1.807) is 0 Å². The predicted molar refractivity (Wildman–Crippen MR) is 69.0 cm³/mol. The molecule has 0 bridgehead atoms. The van der Waals surface area contributed by atoms with Crippen molar-refractivity contribution in [1.29, 1.82) is 0 Å². The minimum Gasteiger partial charge on any atom is -0.350 e. The monoisotopic (exact) mass is 239 g/mol. The molecular formula is C13H25N3O. The van der Waals surface area contributed by atoms with Crippen LogP contribution in [-0.2, 0) is 4.79 Å². The molecule has 2 rings (SSSR count). The van der Waals surface area contributed by atoms with Crippen molar-refractivity contribution in [1.82, 2.24) is 15.1 Å². The Morgan fingerprint density at radius 1 is 1.18 bits per heavy atom. The number of carbonyl (C=O) groups is 1. The molecule has 0 atom stereocenters. The molecule has 2 fully saturated rings. The zero-order valence-corrected chi connectivity index (χ0v) is 11.2. The standard InChI is InChI=1S/C13H25N3O/c1-3-15-7-9-16(10-8-15)11-12(17)14-13(2)5-4-6-13/h3-11H2,1-2H3,(H,14,17). The first-order valence-corrected chi connectivity index (χ1v) is 6.87. The Bertz CT molecular complexity index is 268. The van der Waals surface area contributed by atoms with Crippen molar-refractivity contribution < 1.29 is 4.79 Å². The Morgan fingerprint density at radius 2 is 1.76 bits per heavy atom. The van der Waals surface area contributed by atoms with E-state index < -0.39 is 0 Å². The smallest absolute Gasteiger partial charge is 0.234 e. The van der Waals surface area contributed by atoms with Crippen molar-refractivity contribution in [2.45, 2.75) is 38.6 Å². The third-order valence-electron chi connectivity index (χ3n) is 4.18. The van der Waals surface area contributed by atoms with Crippen molar-refractivity contribution in [3.63, 3.8) is 0 Å². The third-order valence-corrected chi connectivity index (χ3v) is 4.18. The molecule has 0 radical (unpaired) electrons. The van der Waals surface area contributed by atoms with Crippen molar-refractivity contribution >= 4 is 5.91 Å². The summed E-state index contributed by atoms with van der Waals surface area (Å²) in [5.74, 6) is 0.206. The molecule has 1 saturated heterocycles. The Labute approximate surface area is 104 Å². The van der Waals surface area contributed by atoms with Crippen LogP contribution in [0.5, 0.6) is 0 Å². The summed E-state index contributed by atoms with van der Waals surface area (Å²) in [5.41, 5.74) is 0.0995. The first-order valence-electron chi connectivity index (χ1n) is 6.87. The zero-order valence-electron chi connectivity index (χ0n) is 11.2. The first-order chi connectivity index (χ1) is 8.11. The molecule has 4 nitrogen and oxygen atoms in total. The van der Waals surface area contributed by atoms with Crippen LogP contribution in [-0.4, -0.2) is 60.5 Å². The van der Waals surface area contributed by atoms with Crippen molar-refractivity contribution in [3.05, 3.63) is 0 Å². The van der Waals surface area contributed by atoms with Crippen LogP contribution in [0.1, 0.15) is 33.1 Å². The van der Waals surface area contributed by atoms with E-state index in [0.717, 1.165) is 45.6 Å². The van der Waals surface area contributed by atoms with Crippen LogP contribution in [0.15, 0.2) is 0 Å². The summed E-state index contributed by atoms with van der Waals surface area (Å²) in [5, 5.41) is 3.17. The summed E-state index contributed by atoms with van der Waals surface area (Å²) in [7, 11) is 0. The molecule has 0 spiro atoms. The minimum atomic E-state index is 0.0995. The van der Waals surface area contributed by atoms with Gasteiger partial charge in [0.1, 0.15) is 0 Å². The SMILES string of the molecule is CCN1CCN(CC(=O)NC2(C)CCC2)CC1. The summed E-state index contributed by atoms with van der Waals surface area (Å²) in [6.45, 7) is 10.3. The maximum atomic E-state index is 11.9. The van der Waals surface area contributed by atoms with Gasteiger partial charge in [0.25, 0.3) is 0 Å². The number of hydrogen-bond donors (Lipinski definition) is 1. The third kappa shape index (κ3) is 3.42. The van der Waals surface area contributed by atoms with E-state index in [-0.39, 0.29) is 11.4 Å². The molecule has 1 aliphatic heterocycles. The fourth-order valence-corrected chi connectivity index (χ4v) is 2.67. The largest absolute Gasteiger partial charge is 0.350 e. The highest BCUT2D eigenvalue weighted by Gasteiger charge is 2.33. The molecule has 1 saturated carbocycles. The number of nitrogens with zero attached hydrogens (tertiary/aromatic N) is 2. The minimum absolute atomic E-state index is 0.0995. The van der Waals surface area contributed by atoms with Gasteiger partial charge < -0.3 is 10.2 Å². The Morgan fingerprint density at radius 3 is 2.24 bits per heavy atom. The van der Waals surface area contributed by atoms with Crippen LogP contribution in [0.2, 0.25) is 0 Å². The van der Waals surface area contributed by atoms with Gasteiger partial charge in [0.05, 0.1) is 6.54 Å². The number of carbonyl (C=O) groups excluding carboxylic acids is 1. The Hall–Kier alpha value is -0.610. The average molecular weight is 239 g/mol. The van der Waals surface area contributed by atoms with Crippen LogP contribution in [0.4, 0.5) is 0 Å². The fourth-order valence-electron chi connectivity index (χ4n) is 2.67. The summed E-state index contributed by atoms with van der Waals surface area (Å²) >= 11 is 0. The molecule has 2 aliphatic rings. The summed E-state index contributed by atoms with van der Waals surface area (Å²) in [6.07, 6.45) is 3.54. The Balaban J connectivity index is 1.69. The highest BCUT2D eigenvalue weighted by molar-refractivity contribution is 5.79. The van der Waals surface area contributed by atoms with E-state index in [1.807, 2.05) is 0 Å². The van der Waals surface area contributed by atoms with E-state index in [0.29, 0.717) is 6.54 Å². The predicted octanol–water partition coefficient (Wildman–Crippen LogP) is 0.683. The zero-order chi connectivity index (χ0) is 12.3. The normalized spacial score (nSPS) is 25.3. The van der Waals surface area contributed by atoms with Crippen LogP contribution >= 0.6 is 0 Å². The highest BCUT2D eigenvalue weighted by atomic mass is 16.2. The number of hydrogen-bond acceptors (Lipinski definition) is 3. The van der Waals surface area contributed by atoms with Crippen molar-refractivity contribution in [2.24, 2.45) is 0 Å². The molecule has 1 N–H and O–H groups in total. The molecule has 1 aliphatic carbocycles.